The topological polar surface area (TPSA) is 51.8 Å². The molecule has 16 heavy (non-hydrogen) atoms. The molecule has 0 saturated carbocycles. The Balaban J connectivity index is 2.27. The van der Waals surface area contributed by atoms with E-state index < -0.39 is 0 Å². The zero-order valence-electron chi connectivity index (χ0n) is 8.02. The van der Waals surface area contributed by atoms with Crippen LogP contribution in [0.4, 0.5) is 5.95 Å². The van der Waals surface area contributed by atoms with Crippen LogP contribution in [0.3, 0.4) is 0 Å². The molecule has 0 bridgehead atoms. The SMILES string of the molecule is Nc1nc(Cl)cc(Sc2cccc(Br)c2)n1. The molecule has 0 atom stereocenters. The molecule has 1 aromatic heterocycles. The third-order valence-electron chi connectivity index (χ3n) is 1.71. The summed E-state index contributed by atoms with van der Waals surface area (Å²) in [7, 11) is 0. The van der Waals surface area contributed by atoms with E-state index >= 15 is 0 Å². The quantitative estimate of drug-likeness (QED) is 0.860. The lowest BCUT2D eigenvalue weighted by molar-refractivity contribution is 1.06. The number of nitrogens with zero attached hydrogens (tertiary/aromatic N) is 2. The first-order valence-corrected chi connectivity index (χ1v) is 6.36. The van der Waals surface area contributed by atoms with E-state index in [1.165, 1.54) is 11.8 Å². The van der Waals surface area contributed by atoms with Gasteiger partial charge in [-0.05, 0) is 18.2 Å². The highest BCUT2D eigenvalue weighted by molar-refractivity contribution is 9.10. The van der Waals surface area contributed by atoms with Crippen molar-refractivity contribution in [2.75, 3.05) is 5.73 Å². The molecule has 0 aliphatic rings. The van der Waals surface area contributed by atoms with E-state index in [-0.39, 0.29) is 5.95 Å². The van der Waals surface area contributed by atoms with Crippen LogP contribution in [-0.4, -0.2) is 9.97 Å². The van der Waals surface area contributed by atoms with Gasteiger partial charge in [0.2, 0.25) is 5.95 Å². The van der Waals surface area contributed by atoms with Gasteiger partial charge >= 0.3 is 0 Å². The molecule has 0 radical (unpaired) electrons. The summed E-state index contributed by atoms with van der Waals surface area (Å²) in [5.74, 6) is 0.185. The maximum absolute atomic E-state index is 5.79. The van der Waals surface area contributed by atoms with Gasteiger partial charge in [-0.15, -0.1) is 0 Å². The van der Waals surface area contributed by atoms with Crippen molar-refractivity contribution in [2.24, 2.45) is 0 Å². The van der Waals surface area contributed by atoms with Gasteiger partial charge in [-0.25, -0.2) is 9.97 Å². The number of aromatic nitrogens is 2. The maximum atomic E-state index is 5.79. The summed E-state index contributed by atoms with van der Waals surface area (Å²) in [5, 5.41) is 1.08. The highest BCUT2D eigenvalue weighted by Crippen LogP contribution is 2.29. The first-order chi connectivity index (χ1) is 7.63. The smallest absolute Gasteiger partial charge is 0.222 e. The van der Waals surface area contributed by atoms with E-state index in [0.29, 0.717) is 5.15 Å². The third-order valence-corrected chi connectivity index (χ3v) is 3.30. The average molecular weight is 317 g/mol. The van der Waals surface area contributed by atoms with Crippen LogP contribution in [0.2, 0.25) is 5.15 Å². The zero-order valence-corrected chi connectivity index (χ0v) is 11.2. The Hall–Kier alpha value is -0.780. The third kappa shape index (κ3) is 3.10. The Morgan fingerprint density at radius 1 is 1.25 bits per heavy atom. The Morgan fingerprint density at radius 2 is 2.06 bits per heavy atom. The monoisotopic (exact) mass is 315 g/mol. The molecule has 1 heterocycles. The minimum absolute atomic E-state index is 0.185. The van der Waals surface area contributed by atoms with Crippen molar-refractivity contribution in [2.45, 2.75) is 9.92 Å². The molecule has 0 saturated heterocycles. The molecule has 2 aromatic rings. The van der Waals surface area contributed by atoms with Crippen LogP contribution in [0.25, 0.3) is 0 Å². The van der Waals surface area contributed by atoms with Gasteiger partial charge in [-0.2, -0.15) is 0 Å². The normalized spacial score (nSPS) is 10.4. The fourth-order valence-corrected chi connectivity index (χ4v) is 2.81. The number of nitrogen functional groups attached to an aromatic ring is 1. The van der Waals surface area contributed by atoms with Crippen LogP contribution in [0.1, 0.15) is 0 Å². The minimum atomic E-state index is 0.185. The summed E-state index contributed by atoms with van der Waals surface area (Å²) in [4.78, 5) is 8.95. The molecule has 2 N–H and O–H groups in total. The fourth-order valence-electron chi connectivity index (χ4n) is 1.12. The van der Waals surface area contributed by atoms with Gasteiger partial charge in [-0.3, -0.25) is 0 Å². The van der Waals surface area contributed by atoms with Gasteiger partial charge in [0.25, 0.3) is 0 Å². The van der Waals surface area contributed by atoms with Crippen LogP contribution >= 0.6 is 39.3 Å². The highest BCUT2D eigenvalue weighted by Gasteiger charge is 2.03. The summed E-state index contributed by atoms with van der Waals surface area (Å²) in [5.41, 5.74) is 5.51. The standard InChI is InChI=1S/C10H7BrClN3S/c11-6-2-1-3-7(4-6)16-9-5-8(12)14-10(13)15-9/h1-5H,(H2,13,14,15). The number of rotatable bonds is 2. The minimum Gasteiger partial charge on any atom is -0.368 e. The molecule has 0 unspecified atom stereocenters. The molecule has 82 valence electrons. The molecule has 0 amide bonds. The van der Waals surface area contributed by atoms with E-state index in [2.05, 4.69) is 25.9 Å². The summed E-state index contributed by atoms with van der Waals surface area (Å²) in [6, 6.07) is 9.59. The summed E-state index contributed by atoms with van der Waals surface area (Å²) in [6.07, 6.45) is 0. The molecule has 0 fully saturated rings. The number of nitrogens with two attached hydrogens (primary N) is 1. The Morgan fingerprint density at radius 3 is 2.75 bits per heavy atom. The Kier molecular flexibility index (Phi) is 3.68. The number of hydrogen-bond donors (Lipinski definition) is 1. The zero-order chi connectivity index (χ0) is 11.5. The van der Waals surface area contributed by atoms with Crippen molar-refractivity contribution < 1.29 is 0 Å². The lowest BCUT2D eigenvalue weighted by Gasteiger charge is -2.02. The molecule has 0 aliphatic heterocycles. The van der Waals surface area contributed by atoms with Crippen molar-refractivity contribution >= 4 is 45.2 Å². The average Bonchev–Trinajstić information content (AvgIpc) is 2.15. The number of hydrogen-bond acceptors (Lipinski definition) is 4. The Bertz CT molecular complexity index is 501. The molecular weight excluding hydrogens is 310 g/mol. The van der Waals surface area contributed by atoms with Crippen LogP contribution in [0.15, 0.2) is 44.7 Å². The Labute approximate surface area is 111 Å². The molecule has 1 aromatic carbocycles. The predicted octanol–water partition coefficient (Wildman–Crippen LogP) is 3.63. The fraction of sp³-hybridized carbons (Fsp3) is 0. The second-order valence-corrected chi connectivity index (χ2v) is 5.34. The van der Waals surface area contributed by atoms with E-state index in [0.717, 1.165) is 14.4 Å². The van der Waals surface area contributed by atoms with Gasteiger partial charge in [-0.1, -0.05) is 45.4 Å². The molecule has 2 rings (SSSR count). The number of anilines is 1. The van der Waals surface area contributed by atoms with Gasteiger partial charge in [0.05, 0.1) is 0 Å². The van der Waals surface area contributed by atoms with E-state index in [1.54, 1.807) is 6.07 Å². The van der Waals surface area contributed by atoms with E-state index in [1.807, 2.05) is 24.3 Å². The summed E-state index contributed by atoms with van der Waals surface area (Å²) >= 11 is 10.7. The van der Waals surface area contributed by atoms with Crippen LogP contribution in [0, 0.1) is 0 Å². The van der Waals surface area contributed by atoms with Gasteiger partial charge < -0.3 is 5.73 Å². The van der Waals surface area contributed by atoms with Crippen molar-refractivity contribution in [3.8, 4) is 0 Å². The lowest BCUT2D eigenvalue weighted by Crippen LogP contribution is -1.95. The lowest BCUT2D eigenvalue weighted by atomic mass is 10.4. The van der Waals surface area contributed by atoms with Crippen LogP contribution in [0.5, 0.6) is 0 Å². The van der Waals surface area contributed by atoms with Crippen molar-refractivity contribution in [3.63, 3.8) is 0 Å². The van der Waals surface area contributed by atoms with Crippen molar-refractivity contribution in [1.29, 1.82) is 0 Å². The largest absolute Gasteiger partial charge is 0.368 e. The molecule has 6 heteroatoms. The van der Waals surface area contributed by atoms with Crippen molar-refractivity contribution in [1.82, 2.24) is 9.97 Å². The first kappa shape index (κ1) is 11.7. The number of halogens is 2. The number of benzene rings is 1. The van der Waals surface area contributed by atoms with E-state index in [9.17, 15) is 0 Å². The molecule has 0 aliphatic carbocycles. The van der Waals surface area contributed by atoms with Gasteiger partial charge in [0.15, 0.2) is 0 Å². The predicted molar refractivity (Wildman–Crippen MR) is 69.7 cm³/mol. The van der Waals surface area contributed by atoms with Gasteiger partial charge in [0.1, 0.15) is 10.2 Å². The second kappa shape index (κ2) is 5.03. The molecular formula is C10H7BrClN3S. The van der Waals surface area contributed by atoms with Crippen LogP contribution in [-0.2, 0) is 0 Å². The highest BCUT2D eigenvalue weighted by atomic mass is 79.9. The molecule has 3 nitrogen and oxygen atoms in total. The summed E-state index contributed by atoms with van der Waals surface area (Å²) in [6.45, 7) is 0. The molecule has 0 spiro atoms. The van der Waals surface area contributed by atoms with E-state index in [4.69, 9.17) is 17.3 Å². The van der Waals surface area contributed by atoms with Crippen LogP contribution < -0.4 is 5.73 Å². The first-order valence-electron chi connectivity index (χ1n) is 4.37. The van der Waals surface area contributed by atoms with Gasteiger partial charge in [0, 0.05) is 15.4 Å². The summed E-state index contributed by atoms with van der Waals surface area (Å²) < 4.78 is 1.02. The van der Waals surface area contributed by atoms with Crippen molar-refractivity contribution in [3.05, 3.63) is 40.0 Å². The maximum Gasteiger partial charge on any atom is 0.222 e. The second-order valence-electron chi connectivity index (χ2n) is 2.95.